The summed E-state index contributed by atoms with van der Waals surface area (Å²) in [7, 11) is 3.94. The first-order chi connectivity index (χ1) is 10.1. The summed E-state index contributed by atoms with van der Waals surface area (Å²) in [6, 6.07) is 6.11. The molecule has 1 saturated heterocycles. The third-order valence-corrected chi connectivity index (χ3v) is 4.45. The molecule has 4 nitrogen and oxygen atoms in total. The normalized spacial score (nSPS) is 19.8. The smallest absolute Gasteiger partial charge is 0.191 e. The average Bonchev–Trinajstić information content (AvgIpc) is 2.86. The van der Waals surface area contributed by atoms with Gasteiger partial charge in [-0.05, 0) is 44.1 Å². The molecule has 0 spiro atoms. The predicted molar refractivity (Wildman–Crippen MR) is 90.3 cm³/mol. The second-order valence-corrected chi connectivity index (χ2v) is 6.16. The Morgan fingerprint density at radius 2 is 2.19 bits per heavy atom. The van der Waals surface area contributed by atoms with Crippen LogP contribution in [0.3, 0.4) is 0 Å². The molecule has 0 saturated carbocycles. The third kappa shape index (κ3) is 4.77. The lowest BCUT2D eigenvalue weighted by Gasteiger charge is -2.21. The molecule has 0 bridgehead atoms. The molecule has 2 rings (SSSR count). The van der Waals surface area contributed by atoms with Crippen LogP contribution in [-0.2, 0) is 6.54 Å². The quantitative estimate of drug-likeness (QED) is 0.659. The van der Waals surface area contributed by atoms with E-state index in [1.807, 2.05) is 12.1 Å². The second kappa shape index (κ2) is 7.87. The Morgan fingerprint density at radius 1 is 1.38 bits per heavy atom. The predicted octanol–water partition coefficient (Wildman–Crippen LogP) is 2.75. The summed E-state index contributed by atoms with van der Waals surface area (Å²) in [6.45, 7) is 2.71. The van der Waals surface area contributed by atoms with Crippen LogP contribution in [0.4, 0.5) is 0 Å². The molecule has 116 valence electrons. The summed E-state index contributed by atoms with van der Waals surface area (Å²) < 4.78 is 0. The molecule has 2 N–H and O–H groups in total. The van der Waals surface area contributed by atoms with Gasteiger partial charge in [-0.25, -0.2) is 0 Å². The zero-order valence-electron chi connectivity index (χ0n) is 12.5. The Balaban J connectivity index is 1.82. The number of hydrogen-bond donors (Lipinski definition) is 2. The van der Waals surface area contributed by atoms with E-state index in [-0.39, 0.29) is 0 Å². The van der Waals surface area contributed by atoms with Crippen LogP contribution in [0.1, 0.15) is 18.4 Å². The van der Waals surface area contributed by atoms with Gasteiger partial charge in [0.25, 0.3) is 0 Å². The molecule has 6 heteroatoms. The highest BCUT2D eigenvalue weighted by molar-refractivity contribution is 6.35. The summed E-state index contributed by atoms with van der Waals surface area (Å²) in [6.07, 6.45) is 2.51. The Kier molecular flexibility index (Phi) is 6.15. The summed E-state index contributed by atoms with van der Waals surface area (Å²) in [5.74, 6) is 0.793. The van der Waals surface area contributed by atoms with Crippen LogP contribution >= 0.6 is 23.2 Å². The number of likely N-dealkylation sites (N-methyl/N-ethyl adjacent to an activating group) is 1. The first kappa shape index (κ1) is 16.4. The standard InChI is InChI=1S/C15H22Cl2N4/c1-18-15(20-10-13-4-3-7-21(13)2)19-9-11-5-6-12(16)8-14(11)17/h5-6,8,13H,3-4,7,9-10H2,1-2H3,(H2,18,19,20). The van der Waals surface area contributed by atoms with Crippen molar-refractivity contribution in [3.63, 3.8) is 0 Å². The number of rotatable bonds is 4. The van der Waals surface area contributed by atoms with Gasteiger partial charge < -0.3 is 15.5 Å². The van der Waals surface area contributed by atoms with Gasteiger partial charge >= 0.3 is 0 Å². The Labute approximate surface area is 136 Å². The first-order valence-corrected chi connectivity index (χ1v) is 7.94. The minimum atomic E-state index is 0.586. The molecule has 1 fully saturated rings. The summed E-state index contributed by atoms with van der Waals surface area (Å²) in [5, 5.41) is 7.96. The van der Waals surface area contributed by atoms with Crippen LogP contribution in [0.25, 0.3) is 0 Å². The minimum Gasteiger partial charge on any atom is -0.355 e. The van der Waals surface area contributed by atoms with Gasteiger partial charge in [-0.3, -0.25) is 4.99 Å². The van der Waals surface area contributed by atoms with Gasteiger partial charge in [0.1, 0.15) is 0 Å². The van der Waals surface area contributed by atoms with E-state index >= 15 is 0 Å². The summed E-state index contributed by atoms with van der Waals surface area (Å²) in [5.41, 5.74) is 1.00. The highest BCUT2D eigenvalue weighted by atomic mass is 35.5. The molecular weight excluding hydrogens is 307 g/mol. The van der Waals surface area contributed by atoms with Gasteiger partial charge in [0, 0.05) is 36.2 Å². The first-order valence-electron chi connectivity index (χ1n) is 7.19. The van der Waals surface area contributed by atoms with Crippen molar-refractivity contribution in [1.29, 1.82) is 0 Å². The lowest BCUT2D eigenvalue weighted by molar-refractivity contribution is 0.309. The molecule has 1 aromatic carbocycles. The summed E-state index contributed by atoms with van der Waals surface area (Å²) in [4.78, 5) is 6.63. The van der Waals surface area contributed by atoms with E-state index in [9.17, 15) is 0 Å². The summed E-state index contributed by atoms with van der Waals surface area (Å²) >= 11 is 12.1. The third-order valence-electron chi connectivity index (χ3n) is 3.86. The molecule has 1 unspecified atom stereocenters. The van der Waals surface area contributed by atoms with Crippen LogP contribution in [0.15, 0.2) is 23.2 Å². The molecular formula is C15H22Cl2N4. The number of benzene rings is 1. The van der Waals surface area contributed by atoms with Crippen molar-refractivity contribution < 1.29 is 0 Å². The maximum absolute atomic E-state index is 6.16. The monoisotopic (exact) mass is 328 g/mol. The average molecular weight is 329 g/mol. The van der Waals surface area contributed by atoms with Crippen molar-refractivity contribution in [3.8, 4) is 0 Å². The van der Waals surface area contributed by atoms with Crippen LogP contribution in [0, 0.1) is 0 Å². The molecule has 1 aliphatic heterocycles. The lowest BCUT2D eigenvalue weighted by Crippen LogP contribution is -2.43. The Bertz CT molecular complexity index is 504. The lowest BCUT2D eigenvalue weighted by atomic mass is 10.2. The molecule has 0 aliphatic carbocycles. The minimum absolute atomic E-state index is 0.586. The number of hydrogen-bond acceptors (Lipinski definition) is 2. The molecule has 1 aliphatic rings. The van der Waals surface area contributed by atoms with Gasteiger partial charge in [-0.2, -0.15) is 0 Å². The molecule has 0 radical (unpaired) electrons. The number of aliphatic imine (C=N–C) groups is 1. The fraction of sp³-hybridized carbons (Fsp3) is 0.533. The SMILES string of the molecule is CN=C(NCc1ccc(Cl)cc1Cl)NCC1CCCN1C. The van der Waals surface area contributed by atoms with Crippen LogP contribution in [0.2, 0.25) is 10.0 Å². The molecule has 21 heavy (non-hydrogen) atoms. The van der Waals surface area contributed by atoms with Crippen LogP contribution < -0.4 is 10.6 Å². The van der Waals surface area contributed by atoms with Crippen molar-refractivity contribution >= 4 is 29.2 Å². The van der Waals surface area contributed by atoms with E-state index in [0.29, 0.717) is 22.6 Å². The van der Waals surface area contributed by atoms with Crippen molar-refractivity contribution in [2.75, 3.05) is 27.2 Å². The van der Waals surface area contributed by atoms with Gasteiger partial charge in [0.2, 0.25) is 0 Å². The highest BCUT2D eigenvalue weighted by Gasteiger charge is 2.20. The fourth-order valence-electron chi connectivity index (χ4n) is 2.52. The molecule has 1 aromatic rings. The van der Waals surface area contributed by atoms with Gasteiger partial charge in [0.05, 0.1) is 0 Å². The van der Waals surface area contributed by atoms with E-state index in [1.165, 1.54) is 19.4 Å². The van der Waals surface area contributed by atoms with E-state index in [4.69, 9.17) is 23.2 Å². The maximum atomic E-state index is 6.16. The second-order valence-electron chi connectivity index (χ2n) is 5.32. The van der Waals surface area contributed by atoms with Crippen molar-refractivity contribution in [1.82, 2.24) is 15.5 Å². The Hall–Kier alpha value is -0.970. The number of nitrogens with one attached hydrogen (secondary N) is 2. The molecule has 0 aromatic heterocycles. The van der Waals surface area contributed by atoms with Gasteiger partial charge in [-0.15, -0.1) is 0 Å². The van der Waals surface area contributed by atoms with Crippen molar-refractivity contribution in [2.45, 2.75) is 25.4 Å². The zero-order valence-corrected chi connectivity index (χ0v) is 14.0. The maximum Gasteiger partial charge on any atom is 0.191 e. The van der Waals surface area contributed by atoms with Crippen LogP contribution in [0.5, 0.6) is 0 Å². The number of nitrogens with zero attached hydrogens (tertiary/aromatic N) is 2. The number of guanidine groups is 1. The van der Waals surface area contributed by atoms with E-state index in [2.05, 4.69) is 27.6 Å². The van der Waals surface area contributed by atoms with Gasteiger partial charge in [0.15, 0.2) is 5.96 Å². The largest absolute Gasteiger partial charge is 0.355 e. The van der Waals surface area contributed by atoms with E-state index < -0.39 is 0 Å². The highest BCUT2D eigenvalue weighted by Crippen LogP contribution is 2.20. The number of halogens is 2. The van der Waals surface area contributed by atoms with Gasteiger partial charge in [-0.1, -0.05) is 29.3 Å². The fourth-order valence-corrected chi connectivity index (χ4v) is 2.99. The van der Waals surface area contributed by atoms with E-state index in [0.717, 1.165) is 18.1 Å². The zero-order chi connectivity index (χ0) is 15.2. The van der Waals surface area contributed by atoms with Crippen molar-refractivity contribution in [3.05, 3.63) is 33.8 Å². The van der Waals surface area contributed by atoms with E-state index in [1.54, 1.807) is 13.1 Å². The topological polar surface area (TPSA) is 39.7 Å². The Morgan fingerprint density at radius 3 is 2.81 bits per heavy atom. The van der Waals surface area contributed by atoms with Crippen molar-refractivity contribution in [2.24, 2.45) is 4.99 Å². The molecule has 1 heterocycles. The molecule has 1 atom stereocenters. The molecule has 0 amide bonds. The van der Waals surface area contributed by atoms with Crippen LogP contribution in [-0.4, -0.2) is 44.1 Å². The number of likely N-dealkylation sites (tertiary alicyclic amines) is 1.